The molecule has 9 aliphatic rings. The number of aliphatic hydroxyl groups excluding tert-OH is 30. The van der Waals surface area contributed by atoms with E-state index in [4.69, 9.17) is 85.3 Å². The highest BCUT2D eigenvalue weighted by atomic mass is 16.8. The highest BCUT2D eigenvalue weighted by Gasteiger charge is 2.62. The van der Waals surface area contributed by atoms with E-state index in [0.717, 1.165) is 27.7 Å². The Morgan fingerprint density at radius 2 is 0.705 bits per heavy atom. The number of nitrogens with one attached hydrogen (secondary N) is 4. The molecule has 35 N–H and O–H groups in total. The number of rotatable bonds is 39. The van der Waals surface area contributed by atoms with Gasteiger partial charge in [0.25, 0.3) is 5.79 Å². The van der Waals surface area contributed by atoms with Gasteiger partial charge >= 0.3 is 5.97 Å². The van der Waals surface area contributed by atoms with Crippen molar-refractivity contribution in [2.75, 3.05) is 72.7 Å². The number of carbonyl (C=O) groups is 5. The topological polar surface area (TPSA) is 927 Å². The number of carboxylic acids is 1. The molecule has 9 rings (SSSR count). The number of hydrogen-bond donors (Lipinski definition) is 35. The summed E-state index contributed by atoms with van der Waals surface area (Å²) in [6.07, 6.45) is -101. The number of carboxylic acid groups (broad SMARTS) is 1. The highest BCUT2D eigenvalue weighted by Crippen LogP contribution is 2.41. The van der Waals surface area contributed by atoms with Crippen molar-refractivity contribution in [3.8, 4) is 0 Å². The SMILES string of the molecule is CC(=O)N[C@H]1[C@H](O[C@@H]([C@H](O)[C@H](CO)NC(C)=O)[C@H](O)CO)O[C@H](CO)[C@@H](O[C@@H]2O[C@H](CO[C@H]3O[C@H](CO[C@H]4O[C@H](CO)[C@@H](O)[C@H](O)[C@@H]4O)[C@@H](O)[C@H](O[C@H]4O[C@H](CO)[C@@H](O)[C@H](O)[C@@H]4O)[C@@H]3O)[C@@H](O)[C@H](O[C@H]3O[C@H](CO)[C@@H](O)[C@H](O)[C@@H]3O[C@@H]3O[C@H](CO)[C@@H](O[C@@H]4O[C@H](CO[C@]5(C(=O)O)C[C@H](O)[C@@H](NC(C)=O)[C@H]([C@H](O)[C@H](O)CO)O5)[C@H](O)[C@H](O)[C@H]4O)[C@H](O)[C@H]3NC(C)=O)[C@@H]2O)[C@@H]1O. The molecule has 58 nitrogen and oxygen atoms in total. The average Bonchev–Trinajstić information content (AvgIpc) is 0.764. The summed E-state index contributed by atoms with van der Waals surface area (Å²) in [5.41, 5.74) is 0. The number of aliphatic hydroxyl groups is 30. The molecule has 0 spiro atoms. The van der Waals surface area contributed by atoms with E-state index in [0.29, 0.717) is 0 Å². The molecule has 9 heterocycles. The Balaban J connectivity index is 1.04. The van der Waals surface area contributed by atoms with Crippen LogP contribution in [-0.2, 0) is 109 Å². The van der Waals surface area contributed by atoms with Crippen molar-refractivity contribution in [1.29, 1.82) is 0 Å². The fourth-order valence-corrected chi connectivity index (χ4v) is 16.0. The number of carbonyl (C=O) groups excluding carboxylic acids is 4. The molecule has 50 atom stereocenters. The molecule has 0 bridgehead atoms. The summed E-state index contributed by atoms with van der Waals surface area (Å²) in [6.45, 7) is -9.28. The van der Waals surface area contributed by atoms with Gasteiger partial charge in [-0.25, -0.2) is 4.79 Å². The summed E-state index contributed by atoms with van der Waals surface area (Å²) in [5, 5.41) is 353. The second kappa shape index (κ2) is 47.5. The van der Waals surface area contributed by atoms with Gasteiger partial charge in [-0.05, 0) is 0 Å². The maximum absolute atomic E-state index is 13.2. The zero-order valence-electron chi connectivity index (χ0n) is 69.0. The summed E-state index contributed by atoms with van der Waals surface area (Å²) in [5.74, 6) is -8.96. The van der Waals surface area contributed by atoms with Crippen LogP contribution in [0.4, 0.5) is 0 Å². The van der Waals surface area contributed by atoms with Crippen molar-refractivity contribution >= 4 is 29.6 Å². The minimum absolute atomic E-state index is 0.840. The molecule has 0 aromatic carbocycles. The summed E-state index contributed by atoms with van der Waals surface area (Å²) in [7, 11) is 0. The Hall–Kier alpha value is -4.57. The first-order valence-corrected chi connectivity index (χ1v) is 40.7. The van der Waals surface area contributed by atoms with Crippen molar-refractivity contribution in [3.05, 3.63) is 0 Å². The van der Waals surface area contributed by atoms with Crippen LogP contribution in [0, 0.1) is 0 Å². The van der Waals surface area contributed by atoms with Crippen molar-refractivity contribution in [2.45, 2.75) is 340 Å². The Labute approximate surface area is 729 Å². The lowest BCUT2D eigenvalue weighted by molar-refractivity contribution is -0.398. The quantitative estimate of drug-likeness (QED) is 0.0272. The van der Waals surface area contributed by atoms with E-state index in [9.17, 15) is 182 Å². The van der Waals surface area contributed by atoms with Crippen molar-refractivity contribution in [3.63, 3.8) is 0 Å². The van der Waals surface area contributed by atoms with Crippen LogP contribution in [0.5, 0.6) is 0 Å². The van der Waals surface area contributed by atoms with Gasteiger partial charge in [-0.15, -0.1) is 0 Å². The first-order valence-electron chi connectivity index (χ1n) is 40.7. The van der Waals surface area contributed by atoms with Gasteiger partial charge in [0.15, 0.2) is 50.3 Å². The van der Waals surface area contributed by atoms with Crippen LogP contribution in [0.1, 0.15) is 34.1 Å². The molecule has 748 valence electrons. The van der Waals surface area contributed by atoms with Crippen LogP contribution in [0.25, 0.3) is 0 Å². The molecule has 0 unspecified atom stereocenters. The Kier molecular flexibility index (Phi) is 39.8. The van der Waals surface area contributed by atoms with Gasteiger partial charge in [-0.1, -0.05) is 0 Å². The smallest absolute Gasteiger partial charge is 0.364 e. The van der Waals surface area contributed by atoms with E-state index >= 15 is 0 Å². The first kappa shape index (κ1) is 108. The predicted molar refractivity (Wildman–Crippen MR) is 395 cm³/mol. The molecule has 0 saturated carbocycles. The van der Waals surface area contributed by atoms with Crippen LogP contribution < -0.4 is 21.3 Å². The Morgan fingerprint density at radius 1 is 0.349 bits per heavy atom. The highest BCUT2D eigenvalue weighted by molar-refractivity contribution is 5.77. The monoisotopic (exact) mass is 1890 g/mol. The normalized spacial score (nSPS) is 45.6. The molecule has 0 aromatic rings. The lowest BCUT2D eigenvalue weighted by Gasteiger charge is -2.51. The molecule has 129 heavy (non-hydrogen) atoms. The largest absolute Gasteiger partial charge is 0.477 e. The summed E-state index contributed by atoms with van der Waals surface area (Å²) in [4.78, 5) is 63.5. The molecule has 0 aromatic heterocycles. The van der Waals surface area contributed by atoms with Crippen molar-refractivity contribution in [1.82, 2.24) is 21.3 Å². The zero-order chi connectivity index (χ0) is 95.7. The van der Waals surface area contributed by atoms with E-state index in [2.05, 4.69) is 21.3 Å². The molecular weight excluding hydrogens is 1770 g/mol. The van der Waals surface area contributed by atoms with E-state index < -0.39 is 415 Å². The van der Waals surface area contributed by atoms with Gasteiger partial charge < -0.3 is 265 Å². The molecule has 4 amide bonds. The van der Waals surface area contributed by atoms with Crippen molar-refractivity contribution < 1.29 is 268 Å². The second-order valence-corrected chi connectivity index (χ2v) is 32.2. The van der Waals surface area contributed by atoms with E-state index in [1.165, 1.54) is 0 Å². The third-order valence-corrected chi connectivity index (χ3v) is 23.1. The maximum atomic E-state index is 13.2. The van der Waals surface area contributed by atoms with Crippen LogP contribution in [0.3, 0.4) is 0 Å². The standard InChI is InChI=1S/C71H120N4O54/c1-17(84)72-21(6-76)36(91)55(24(90)8-78)123-62-34(74-19(3)86)44(99)57(29(13-83)118-62)125-68-54(109)60(43(98)31(121-68)15-113-65-53(108)59(126-66-51(106)47(102)39(94)26(10-80)116-66)42(97)30(120-65)14-112-64-50(105)46(101)38(93)25(9-79)115-64)127-69-61(49(104)40(95)27(11-81)117-69)128-63-35(75-20(4)87)45(100)56(28(12-82)119-63)124-67-52(107)48(103)41(96)32(122-67)16-114-71(70(110)111)5-22(88)33(73-18(2)85)58(129-71)37(92)23(89)7-77/h21-69,76-83,88-109H,5-16H2,1-4H3,(H,72,84)(H,73,85)(H,74,86)(H,75,87)(H,110,111)/t21-,22-,23+,24+,25+,26+,27+,28+,29+,30+,31+,32+,33+,34+,35+,36+,37+,38+,39+,40+,41-,42+,43+,44+,45+,46-,47-,48-,49-,50-,51-,52+,53-,54-,55+,56+,57+,58+,59-,60-,61-,62-,63-,64-,65-,66+,67-,68-,69+,71+/m0/s1. The zero-order valence-corrected chi connectivity index (χ0v) is 69.0. The minimum atomic E-state index is -3.11. The number of hydrogen-bond acceptors (Lipinski definition) is 53. The summed E-state index contributed by atoms with van der Waals surface area (Å²) < 4.78 is 106. The van der Waals surface area contributed by atoms with Gasteiger partial charge in [0.1, 0.15) is 232 Å². The number of amides is 4. The predicted octanol–water partition coefficient (Wildman–Crippen LogP) is -23.4. The van der Waals surface area contributed by atoms with Crippen LogP contribution in [-0.4, -0.2) is 567 Å². The van der Waals surface area contributed by atoms with Crippen LogP contribution in [0.15, 0.2) is 0 Å². The van der Waals surface area contributed by atoms with E-state index in [1.807, 2.05) is 0 Å². The molecule has 58 heteroatoms. The molecule has 9 fully saturated rings. The Bertz CT molecular complexity index is 3490. The van der Waals surface area contributed by atoms with Gasteiger partial charge in [0.05, 0.1) is 90.9 Å². The molecular formula is C71H120N4O54. The van der Waals surface area contributed by atoms with Gasteiger partial charge in [0, 0.05) is 34.1 Å². The van der Waals surface area contributed by atoms with E-state index in [1.54, 1.807) is 0 Å². The summed E-state index contributed by atoms with van der Waals surface area (Å²) in [6, 6.07) is -7.55. The van der Waals surface area contributed by atoms with Gasteiger partial charge in [0.2, 0.25) is 23.6 Å². The molecule has 0 aliphatic carbocycles. The lowest BCUT2D eigenvalue weighted by atomic mass is 9.88. The van der Waals surface area contributed by atoms with Crippen molar-refractivity contribution in [2.24, 2.45) is 0 Å². The molecule has 0 radical (unpaired) electrons. The average molecular weight is 1890 g/mol. The molecule has 9 saturated heterocycles. The van der Waals surface area contributed by atoms with E-state index in [-0.39, 0.29) is 0 Å². The third kappa shape index (κ3) is 24.7. The summed E-state index contributed by atoms with van der Waals surface area (Å²) >= 11 is 0. The fraction of sp³-hybridized carbons (Fsp3) is 0.930. The second-order valence-electron chi connectivity index (χ2n) is 32.2. The fourth-order valence-electron chi connectivity index (χ4n) is 16.0. The van der Waals surface area contributed by atoms with Crippen LogP contribution in [0.2, 0.25) is 0 Å². The van der Waals surface area contributed by atoms with Gasteiger partial charge in [-0.2, -0.15) is 0 Å². The minimum Gasteiger partial charge on any atom is -0.477 e. The van der Waals surface area contributed by atoms with Crippen LogP contribution >= 0.6 is 0 Å². The lowest BCUT2D eigenvalue weighted by Crippen LogP contribution is -2.70. The molecule has 9 aliphatic heterocycles. The van der Waals surface area contributed by atoms with Gasteiger partial charge in [-0.3, -0.25) is 19.2 Å². The number of aliphatic carboxylic acids is 1. The Morgan fingerprint density at radius 3 is 1.16 bits per heavy atom. The first-order chi connectivity index (χ1) is 60.8. The maximum Gasteiger partial charge on any atom is 0.364 e. The number of ether oxygens (including phenoxy) is 18. The third-order valence-electron chi connectivity index (χ3n) is 23.1.